The summed E-state index contributed by atoms with van der Waals surface area (Å²) in [6, 6.07) is 7.60. The number of rotatable bonds is 7. The van der Waals surface area contributed by atoms with Gasteiger partial charge in [0.05, 0.1) is 28.7 Å². The van der Waals surface area contributed by atoms with E-state index in [2.05, 4.69) is 25.5 Å². The number of nitrogens with zero attached hydrogens (tertiary/aromatic N) is 4. The summed E-state index contributed by atoms with van der Waals surface area (Å²) < 4.78 is 23.4. The molecule has 0 aromatic carbocycles. The van der Waals surface area contributed by atoms with Crippen LogP contribution in [0.4, 0.5) is 4.39 Å². The van der Waals surface area contributed by atoms with Gasteiger partial charge in [-0.3, -0.25) is 9.36 Å². The molecular weight excluding hydrogens is 491 g/mol. The highest BCUT2D eigenvalue weighted by atomic mass is 32.1. The zero-order chi connectivity index (χ0) is 25.5. The molecule has 4 aromatic rings. The van der Waals surface area contributed by atoms with Crippen molar-refractivity contribution in [1.29, 1.82) is 0 Å². The Balaban J connectivity index is 1.22. The number of thiophene rings is 1. The second-order valence-corrected chi connectivity index (χ2v) is 10.7. The summed E-state index contributed by atoms with van der Waals surface area (Å²) in [4.78, 5) is 21.7. The molecule has 0 aliphatic heterocycles. The fourth-order valence-electron chi connectivity index (χ4n) is 4.93. The average Bonchev–Trinajstić information content (AvgIpc) is 3.55. The van der Waals surface area contributed by atoms with Crippen LogP contribution in [-0.2, 0) is 0 Å². The number of hydrogen-bond acceptors (Lipinski definition) is 6. The Labute approximate surface area is 217 Å². The molecule has 1 unspecified atom stereocenters. The van der Waals surface area contributed by atoms with E-state index < -0.39 is 6.17 Å². The SMILES string of the molecule is CCOc1ccc(-c2nnc(C3CC(NC(=O)c4cc5sc(C)cc5[nH]4)C3)n2C2=CC=CCC2F)nc1. The van der Waals surface area contributed by atoms with Gasteiger partial charge in [0.2, 0.25) is 0 Å². The van der Waals surface area contributed by atoms with Gasteiger partial charge in [0.25, 0.3) is 5.91 Å². The lowest BCUT2D eigenvalue weighted by Crippen LogP contribution is -2.44. The van der Waals surface area contributed by atoms with Crippen molar-refractivity contribution in [3.05, 3.63) is 65.1 Å². The quantitative estimate of drug-likeness (QED) is 0.341. The summed E-state index contributed by atoms with van der Waals surface area (Å²) >= 11 is 1.66. The molecule has 6 rings (SSSR count). The van der Waals surface area contributed by atoms with Crippen LogP contribution in [0.3, 0.4) is 0 Å². The van der Waals surface area contributed by atoms with Gasteiger partial charge in [-0.25, -0.2) is 9.37 Å². The van der Waals surface area contributed by atoms with Gasteiger partial charge in [0.15, 0.2) is 5.82 Å². The van der Waals surface area contributed by atoms with Gasteiger partial charge in [0.1, 0.15) is 29.1 Å². The Morgan fingerprint density at radius 1 is 1.30 bits per heavy atom. The van der Waals surface area contributed by atoms with Crippen molar-refractivity contribution in [2.45, 2.75) is 51.2 Å². The van der Waals surface area contributed by atoms with E-state index in [1.54, 1.807) is 28.2 Å². The molecule has 0 bridgehead atoms. The molecule has 10 heteroatoms. The van der Waals surface area contributed by atoms with Crippen LogP contribution < -0.4 is 10.1 Å². The van der Waals surface area contributed by atoms with E-state index >= 15 is 4.39 Å². The monoisotopic (exact) mass is 518 g/mol. The van der Waals surface area contributed by atoms with E-state index in [0.29, 0.717) is 60.4 Å². The lowest BCUT2D eigenvalue weighted by molar-refractivity contribution is 0.0903. The number of hydrogen-bond donors (Lipinski definition) is 2. The maximum atomic E-state index is 15.1. The molecule has 0 spiro atoms. The predicted octanol–water partition coefficient (Wildman–Crippen LogP) is 5.40. The number of aromatic amines is 1. The third-order valence-corrected chi connectivity index (χ3v) is 7.80. The Kier molecular flexibility index (Phi) is 6.11. The Hall–Kier alpha value is -3.79. The topological polar surface area (TPSA) is 97.7 Å². The third-order valence-electron chi connectivity index (χ3n) is 6.80. The van der Waals surface area contributed by atoms with Gasteiger partial charge in [-0.1, -0.05) is 12.2 Å². The average molecular weight is 519 g/mol. The van der Waals surface area contributed by atoms with Crippen LogP contribution in [0.1, 0.15) is 53.3 Å². The number of nitrogens with one attached hydrogen (secondary N) is 2. The predicted molar refractivity (Wildman–Crippen MR) is 141 cm³/mol. The zero-order valence-corrected chi connectivity index (χ0v) is 21.4. The zero-order valence-electron chi connectivity index (χ0n) is 20.6. The number of allylic oxidation sites excluding steroid dienone is 4. The normalized spacial score (nSPS) is 21.1. The molecule has 8 nitrogen and oxygen atoms in total. The Bertz CT molecular complexity index is 1480. The lowest BCUT2D eigenvalue weighted by atomic mass is 9.79. The standard InChI is InChI=1S/C27H27FN6O2S/c1-3-36-18-8-9-20(29-14-18)26-33-32-25(34(26)23-7-5-4-6-19(23)28)16-11-17(12-16)30-27(35)22-13-24-21(31-22)10-15(2)37-24/h4-5,7-10,13-14,16-17,19,31H,3,6,11-12H2,1-2H3,(H,30,35). The Morgan fingerprint density at radius 2 is 2.16 bits per heavy atom. The minimum absolute atomic E-state index is 0.0131. The van der Waals surface area contributed by atoms with Crippen molar-refractivity contribution in [1.82, 2.24) is 30.0 Å². The summed E-state index contributed by atoms with van der Waals surface area (Å²) in [5, 5.41) is 12.0. The van der Waals surface area contributed by atoms with Crippen LogP contribution in [0.5, 0.6) is 5.75 Å². The molecule has 0 saturated heterocycles. The molecule has 1 atom stereocenters. The maximum Gasteiger partial charge on any atom is 0.267 e. The lowest BCUT2D eigenvalue weighted by Gasteiger charge is -2.35. The van der Waals surface area contributed by atoms with Gasteiger partial charge < -0.3 is 15.0 Å². The highest BCUT2D eigenvalue weighted by Gasteiger charge is 2.37. The van der Waals surface area contributed by atoms with Crippen molar-refractivity contribution in [2.24, 2.45) is 0 Å². The minimum Gasteiger partial charge on any atom is -0.492 e. The third kappa shape index (κ3) is 4.46. The minimum atomic E-state index is -1.16. The molecule has 190 valence electrons. The van der Waals surface area contributed by atoms with Crippen LogP contribution in [0.25, 0.3) is 27.4 Å². The second kappa shape index (κ2) is 9.59. The van der Waals surface area contributed by atoms with Crippen LogP contribution in [0.2, 0.25) is 0 Å². The van der Waals surface area contributed by atoms with Crippen molar-refractivity contribution in [3.63, 3.8) is 0 Å². The number of ether oxygens (including phenoxy) is 1. The van der Waals surface area contributed by atoms with E-state index in [9.17, 15) is 4.79 Å². The number of amides is 1. The molecule has 0 radical (unpaired) electrons. The van der Waals surface area contributed by atoms with Crippen LogP contribution in [0, 0.1) is 6.92 Å². The first-order chi connectivity index (χ1) is 18.0. The first-order valence-electron chi connectivity index (χ1n) is 12.5. The van der Waals surface area contributed by atoms with Gasteiger partial charge in [-0.2, -0.15) is 0 Å². The first kappa shape index (κ1) is 23.6. The number of carbonyl (C=O) groups excluding carboxylic acids is 1. The van der Waals surface area contributed by atoms with E-state index in [1.807, 2.05) is 50.3 Å². The number of alkyl halides is 1. The molecule has 2 aliphatic rings. The van der Waals surface area contributed by atoms with Gasteiger partial charge in [-0.05, 0) is 57.0 Å². The largest absolute Gasteiger partial charge is 0.492 e. The summed E-state index contributed by atoms with van der Waals surface area (Å²) in [6.45, 7) is 4.51. The summed E-state index contributed by atoms with van der Waals surface area (Å²) in [5.74, 6) is 1.78. The molecule has 2 aliphatic carbocycles. The highest BCUT2D eigenvalue weighted by molar-refractivity contribution is 7.19. The molecule has 1 fully saturated rings. The van der Waals surface area contributed by atoms with Crippen molar-refractivity contribution >= 4 is 33.2 Å². The number of aromatic nitrogens is 5. The molecule has 4 aromatic heterocycles. The van der Waals surface area contributed by atoms with Crippen molar-refractivity contribution in [3.8, 4) is 17.3 Å². The Morgan fingerprint density at radius 3 is 2.89 bits per heavy atom. The highest BCUT2D eigenvalue weighted by Crippen LogP contribution is 2.40. The van der Waals surface area contributed by atoms with Crippen molar-refractivity contribution < 1.29 is 13.9 Å². The summed E-state index contributed by atoms with van der Waals surface area (Å²) in [6.07, 6.45) is 7.63. The number of pyridine rings is 1. The fraction of sp³-hybridized carbons (Fsp3) is 0.333. The van der Waals surface area contributed by atoms with Gasteiger partial charge in [-0.15, -0.1) is 21.5 Å². The van der Waals surface area contributed by atoms with Crippen molar-refractivity contribution in [2.75, 3.05) is 6.61 Å². The van der Waals surface area contributed by atoms with E-state index in [1.165, 1.54) is 4.88 Å². The van der Waals surface area contributed by atoms with E-state index in [0.717, 1.165) is 10.2 Å². The number of aryl methyl sites for hydroxylation is 1. The second-order valence-electron chi connectivity index (χ2n) is 9.41. The molecule has 1 saturated carbocycles. The molecule has 2 N–H and O–H groups in total. The summed E-state index contributed by atoms with van der Waals surface area (Å²) in [5.41, 5.74) is 2.65. The number of carbonyl (C=O) groups is 1. The number of fused-ring (bicyclic) bond motifs is 1. The molecular formula is C27H27FN6O2S. The first-order valence-corrected chi connectivity index (χ1v) is 13.3. The summed E-state index contributed by atoms with van der Waals surface area (Å²) in [7, 11) is 0. The molecule has 4 heterocycles. The van der Waals surface area contributed by atoms with Gasteiger partial charge >= 0.3 is 0 Å². The number of halogens is 1. The molecule has 37 heavy (non-hydrogen) atoms. The van der Waals surface area contributed by atoms with Crippen LogP contribution >= 0.6 is 11.3 Å². The maximum absolute atomic E-state index is 15.1. The fourth-order valence-corrected chi connectivity index (χ4v) is 5.85. The van der Waals surface area contributed by atoms with Gasteiger partial charge in [0, 0.05) is 23.3 Å². The van der Waals surface area contributed by atoms with Crippen LogP contribution in [-0.4, -0.2) is 49.5 Å². The van der Waals surface area contributed by atoms with Crippen LogP contribution in [0.15, 0.2) is 48.7 Å². The number of H-pyrrole nitrogens is 1. The molecule has 1 amide bonds. The van der Waals surface area contributed by atoms with E-state index in [4.69, 9.17) is 4.74 Å². The van der Waals surface area contributed by atoms with E-state index in [-0.39, 0.29) is 17.9 Å². The smallest absolute Gasteiger partial charge is 0.267 e.